The molecule has 0 radical (unpaired) electrons. The maximum atomic E-state index is 11.0. The average molecular weight is 342 g/mol. The second-order valence-corrected chi connectivity index (χ2v) is 6.27. The monoisotopic (exact) mass is 342 g/mol. The van der Waals surface area contributed by atoms with Crippen molar-refractivity contribution in [3.05, 3.63) is 12.2 Å². The molecule has 0 spiro atoms. The summed E-state index contributed by atoms with van der Waals surface area (Å²) < 4.78 is 10.3. The van der Waals surface area contributed by atoms with Gasteiger partial charge in [0.2, 0.25) is 0 Å². The highest BCUT2D eigenvalue weighted by Gasteiger charge is 2.26. The molecule has 0 aliphatic carbocycles. The van der Waals surface area contributed by atoms with Gasteiger partial charge in [0, 0.05) is 19.3 Å². The normalized spacial score (nSPS) is 20.8. The highest BCUT2D eigenvalue weighted by molar-refractivity contribution is 5.68. The molecule has 0 aromatic carbocycles. The Kier molecular flexibility index (Phi) is 12.7. The molecule has 2 atom stereocenters. The van der Waals surface area contributed by atoms with Gasteiger partial charge in [-0.15, -0.1) is 0 Å². The number of methoxy groups -OCH3 is 1. The van der Waals surface area contributed by atoms with Gasteiger partial charge in [0.25, 0.3) is 0 Å². The zero-order chi connectivity index (χ0) is 17.5. The van der Waals surface area contributed by atoms with E-state index in [1.54, 1.807) is 0 Å². The summed E-state index contributed by atoms with van der Waals surface area (Å²) in [5.74, 6) is -0.120. The summed E-state index contributed by atoms with van der Waals surface area (Å²) in [6, 6.07) is 0. The van der Waals surface area contributed by atoms with Gasteiger partial charge in [-0.3, -0.25) is 4.79 Å². The Morgan fingerprint density at radius 2 is 1.71 bits per heavy atom. The van der Waals surface area contributed by atoms with E-state index in [4.69, 9.17) is 14.5 Å². The summed E-state index contributed by atoms with van der Waals surface area (Å²) in [6.07, 6.45) is 16.1. The van der Waals surface area contributed by atoms with Crippen molar-refractivity contribution in [1.29, 1.82) is 0 Å². The van der Waals surface area contributed by atoms with E-state index in [0.717, 1.165) is 51.4 Å². The summed E-state index contributed by atoms with van der Waals surface area (Å²) in [7, 11) is 1.43. The fraction of sp³-hybridized carbons (Fsp3) is 0.842. The van der Waals surface area contributed by atoms with E-state index in [1.165, 1.54) is 26.4 Å². The van der Waals surface area contributed by atoms with Crippen LogP contribution < -0.4 is 0 Å². The third-order valence-electron chi connectivity index (χ3n) is 4.09. The van der Waals surface area contributed by atoms with Crippen LogP contribution >= 0.6 is 0 Å². The lowest BCUT2D eigenvalue weighted by atomic mass is 10.1. The van der Waals surface area contributed by atoms with E-state index in [-0.39, 0.29) is 18.5 Å². The molecule has 5 heteroatoms. The van der Waals surface area contributed by atoms with Crippen LogP contribution in [0.5, 0.6) is 0 Å². The topological polar surface area (TPSA) is 54.0 Å². The molecule has 24 heavy (non-hydrogen) atoms. The van der Waals surface area contributed by atoms with Gasteiger partial charge in [-0.1, -0.05) is 51.2 Å². The maximum Gasteiger partial charge on any atom is 0.305 e. The first kappa shape index (κ1) is 21.1. The predicted molar refractivity (Wildman–Crippen MR) is 93.1 cm³/mol. The Balaban J connectivity index is 1.92. The van der Waals surface area contributed by atoms with Gasteiger partial charge in [-0.2, -0.15) is 0 Å². The number of carbonyl (C=O) groups is 1. The van der Waals surface area contributed by atoms with Gasteiger partial charge in [0.15, 0.2) is 12.6 Å². The summed E-state index contributed by atoms with van der Waals surface area (Å²) in [6.45, 7) is 2.21. The van der Waals surface area contributed by atoms with Crippen molar-refractivity contribution in [2.75, 3.05) is 7.11 Å². The summed E-state index contributed by atoms with van der Waals surface area (Å²) in [4.78, 5) is 21.4. The number of esters is 1. The molecule has 0 aromatic rings. The fourth-order valence-electron chi connectivity index (χ4n) is 2.60. The number of hydrogen-bond donors (Lipinski definition) is 0. The Hall–Kier alpha value is -0.910. The highest BCUT2D eigenvalue weighted by atomic mass is 17.3. The molecule has 1 saturated heterocycles. The van der Waals surface area contributed by atoms with Crippen LogP contribution in [0.1, 0.15) is 84.0 Å². The number of hydrogen-bond acceptors (Lipinski definition) is 5. The Morgan fingerprint density at radius 3 is 2.50 bits per heavy atom. The number of rotatable bonds is 14. The molecule has 1 aliphatic heterocycles. The van der Waals surface area contributed by atoms with Gasteiger partial charge in [-0.05, 0) is 25.7 Å². The molecule has 1 rings (SSSR count). The maximum absolute atomic E-state index is 11.0. The largest absolute Gasteiger partial charge is 0.469 e. The van der Waals surface area contributed by atoms with E-state index in [9.17, 15) is 4.79 Å². The van der Waals surface area contributed by atoms with Crippen molar-refractivity contribution in [3.63, 3.8) is 0 Å². The molecule has 0 aromatic heterocycles. The lowest BCUT2D eigenvalue weighted by Gasteiger charge is -2.07. The van der Waals surface area contributed by atoms with Crippen LogP contribution in [0, 0.1) is 0 Å². The predicted octanol–water partition coefficient (Wildman–Crippen LogP) is 5.05. The molecule has 0 N–H and O–H groups in total. The third-order valence-corrected chi connectivity index (χ3v) is 4.09. The fourth-order valence-corrected chi connectivity index (χ4v) is 2.60. The lowest BCUT2D eigenvalue weighted by molar-refractivity contribution is -0.296. The average Bonchev–Trinajstić information content (AvgIpc) is 3.04. The zero-order valence-corrected chi connectivity index (χ0v) is 15.3. The second-order valence-electron chi connectivity index (χ2n) is 6.27. The minimum atomic E-state index is -0.266. The second kappa shape index (κ2) is 14.4. The molecule has 140 valence electrons. The summed E-state index contributed by atoms with van der Waals surface area (Å²) in [5.41, 5.74) is 0. The van der Waals surface area contributed by atoms with Crippen molar-refractivity contribution < 1.29 is 24.0 Å². The van der Waals surface area contributed by atoms with Crippen LogP contribution in [0.4, 0.5) is 0 Å². The molecular formula is C19H34O5. The lowest BCUT2D eigenvalue weighted by Crippen LogP contribution is -2.11. The number of allylic oxidation sites excluding steroid dienone is 1. The van der Waals surface area contributed by atoms with E-state index >= 15 is 0 Å². The first-order valence-corrected chi connectivity index (χ1v) is 9.45. The van der Waals surface area contributed by atoms with Crippen molar-refractivity contribution in [3.8, 4) is 0 Å². The van der Waals surface area contributed by atoms with Crippen LogP contribution in [0.15, 0.2) is 12.2 Å². The van der Waals surface area contributed by atoms with E-state index in [0.29, 0.717) is 6.42 Å². The number of unbranched alkanes of at least 4 members (excludes halogenated alkanes) is 7. The van der Waals surface area contributed by atoms with Crippen LogP contribution in [-0.4, -0.2) is 25.7 Å². The first-order valence-electron chi connectivity index (χ1n) is 9.45. The van der Waals surface area contributed by atoms with Gasteiger partial charge in [0.05, 0.1) is 7.11 Å². The number of ether oxygens (including phenoxy) is 2. The quantitative estimate of drug-likeness (QED) is 0.191. The van der Waals surface area contributed by atoms with Crippen LogP contribution in [-0.2, 0) is 24.0 Å². The van der Waals surface area contributed by atoms with Crippen molar-refractivity contribution in [2.45, 2.75) is 96.6 Å². The molecule has 0 saturated carbocycles. The minimum absolute atomic E-state index is 0.120. The standard InChI is InChI=1S/C19H34O5/c1-3-4-5-6-9-12-15-18-22-19(24-23-18)16-13-10-7-8-11-14-17(20)21-2/h9,12,18-19H,3-8,10-11,13-16H2,1-2H3/b12-9-. The van der Waals surface area contributed by atoms with E-state index in [1.807, 2.05) is 0 Å². The van der Waals surface area contributed by atoms with Crippen molar-refractivity contribution in [2.24, 2.45) is 0 Å². The Morgan fingerprint density at radius 1 is 0.958 bits per heavy atom. The van der Waals surface area contributed by atoms with Crippen LogP contribution in [0.25, 0.3) is 0 Å². The van der Waals surface area contributed by atoms with Gasteiger partial charge < -0.3 is 9.47 Å². The zero-order valence-electron chi connectivity index (χ0n) is 15.3. The molecule has 2 unspecified atom stereocenters. The molecule has 1 heterocycles. The summed E-state index contributed by atoms with van der Waals surface area (Å²) in [5, 5.41) is 0. The Bertz CT molecular complexity index is 343. The van der Waals surface area contributed by atoms with Crippen molar-refractivity contribution in [1.82, 2.24) is 0 Å². The first-order chi connectivity index (χ1) is 11.8. The van der Waals surface area contributed by atoms with Gasteiger partial charge in [0.1, 0.15) is 0 Å². The van der Waals surface area contributed by atoms with E-state index < -0.39 is 0 Å². The third kappa shape index (κ3) is 10.8. The molecule has 0 amide bonds. The van der Waals surface area contributed by atoms with Crippen molar-refractivity contribution >= 4 is 5.97 Å². The molecule has 0 bridgehead atoms. The molecule has 5 nitrogen and oxygen atoms in total. The van der Waals surface area contributed by atoms with Gasteiger partial charge >= 0.3 is 5.97 Å². The van der Waals surface area contributed by atoms with Crippen LogP contribution in [0.2, 0.25) is 0 Å². The Labute approximate surface area is 146 Å². The highest BCUT2D eigenvalue weighted by Crippen LogP contribution is 2.21. The van der Waals surface area contributed by atoms with E-state index in [2.05, 4.69) is 23.8 Å². The number of carbonyl (C=O) groups excluding carboxylic acids is 1. The van der Waals surface area contributed by atoms with Crippen LogP contribution in [0.3, 0.4) is 0 Å². The summed E-state index contributed by atoms with van der Waals surface area (Å²) >= 11 is 0. The molecule has 1 aliphatic rings. The molecular weight excluding hydrogens is 308 g/mol. The molecule has 1 fully saturated rings. The smallest absolute Gasteiger partial charge is 0.305 e. The minimum Gasteiger partial charge on any atom is -0.469 e. The SMILES string of the molecule is CCCCC/C=C\CC1OOC(CCCCCCCC(=O)OC)O1. The van der Waals surface area contributed by atoms with Gasteiger partial charge in [-0.25, -0.2) is 9.78 Å².